The van der Waals surface area contributed by atoms with Gasteiger partial charge in [0, 0.05) is 0 Å². The van der Waals surface area contributed by atoms with E-state index in [9.17, 15) is 4.79 Å². The normalized spacial score (nSPS) is 13.4. The minimum Gasteiger partial charge on any atom is -0.462 e. The van der Waals surface area contributed by atoms with Crippen LogP contribution in [0.5, 0.6) is 0 Å². The standard InChI is InChI=1S/C12H24O2/c1-6-11(7-2)12(13)14-10(5)8-9(3)4/h9-11H,6-8H2,1-5H3. The summed E-state index contributed by atoms with van der Waals surface area (Å²) in [6.45, 7) is 10.3. The molecule has 0 spiro atoms. The molecule has 0 N–H and O–H groups in total. The van der Waals surface area contributed by atoms with Gasteiger partial charge in [-0.15, -0.1) is 0 Å². The van der Waals surface area contributed by atoms with Gasteiger partial charge in [-0.05, 0) is 32.1 Å². The SMILES string of the molecule is CCC(CC)C(=O)OC(C)CC(C)C. The van der Waals surface area contributed by atoms with Crippen molar-refractivity contribution in [2.45, 2.75) is 60.0 Å². The molecule has 0 rings (SSSR count). The van der Waals surface area contributed by atoms with Crippen LogP contribution in [0.4, 0.5) is 0 Å². The van der Waals surface area contributed by atoms with Crippen LogP contribution < -0.4 is 0 Å². The van der Waals surface area contributed by atoms with Crippen LogP contribution in [0.15, 0.2) is 0 Å². The molecule has 84 valence electrons. The van der Waals surface area contributed by atoms with E-state index in [0.717, 1.165) is 19.3 Å². The summed E-state index contributed by atoms with van der Waals surface area (Å²) in [5.74, 6) is 0.646. The first kappa shape index (κ1) is 13.5. The number of hydrogen-bond donors (Lipinski definition) is 0. The number of carbonyl (C=O) groups is 1. The zero-order valence-electron chi connectivity index (χ0n) is 10.2. The smallest absolute Gasteiger partial charge is 0.309 e. The summed E-state index contributed by atoms with van der Waals surface area (Å²) in [4.78, 5) is 11.6. The molecule has 2 heteroatoms. The van der Waals surface area contributed by atoms with Gasteiger partial charge in [0.1, 0.15) is 0 Å². The highest BCUT2D eigenvalue weighted by Crippen LogP contribution is 2.14. The van der Waals surface area contributed by atoms with Gasteiger partial charge in [-0.1, -0.05) is 27.7 Å². The molecule has 14 heavy (non-hydrogen) atoms. The minimum absolute atomic E-state index is 0.0249. The summed E-state index contributed by atoms with van der Waals surface area (Å²) in [6.07, 6.45) is 2.77. The molecule has 0 saturated heterocycles. The Bertz CT molecular complexity index is 160. The Morgan fingerprint density at radius 2 is 1.64 bits per heavy atom. The van der Waals surface area contributed by atoms with E-state index in [2.05, 4.69) is 13.8 Å². The van der Waals surface area contributed by atoms with Crippen LogP contribution in [-0.2, 0) is 9.53 Å². The van der Waals surface area contributed by atoms with Gasteiger partial charge in [-0.2, -0.15) is 0 Å². The van der Waals surface area contributed by atoms with Crippen molar-refractivity contribution < 1.29 is 9.53 Å². The van der Waals surface area contributed by atoms with Crippen LogP contribution in [0.1, 0.15) is 53.9 Å². The van der Waals surface area contributed by atoms with E-state index in [-0.39, 0.29) is 18.0 Å². The third-order valence-corrected chi connectivity index (χ3v) is 2.44. The summed E-state index contributed by atoms with van der Waals surface area (Å²) in [5.41, 5.74) is 0. The van der Waals surface area contributed by atoms with Gasteiger partial charge >= 0.3 is 5.97 Å². The Labute approximate surface area is 88.0 Å². The first-order chi connectivity index (χ1) is 6.51. The second-order valence-corrected chi connectivity index (χ2v) is 4.39. The van der Waals surface area contributed by atoms with Crippen molar-refractivity contribution in [1.82, 2.24) is 0 Å². The Kier molecular flexibility index (Phi) is 6.60. The first-order valence-electron chi connectivity index (χ1n) is 5.71. The Morgan fingerprint density at radius 1 is 1.14 bits per heavy atom. The Hall–Kier alpha value is -0.530. The second-order valence-electron chi connectivity index (χ2n) is 4.39. The zero-order chi connectivity index (χ0) is 11.1. The molecule has 1 unspecified atom stereocenters. The van der Waals surface area contributed by atoms with Gasteiger partial charge in [0.15, 0.2) is 0 Å². The van der Waals surface area contributed by atoms with Crippen molar-refractivity contribution in [2.24, 2.45) is 11.8 Å². The van der Waals surface area contributed by atoms with E-state index in [1.807, 2.05) is 20.8 Å². The van der Waals surface area contributed by atoms with Gasteiger partial charge in [-0.25, -0.2) is 0 Å². The second kappa shape index (κ2) is 6.86. The van der Waals surface area contributed by atoms with Crippen molar-refractivity contribution in [3.63, 3.8) is 0 Å². The number of esters is 1. The lowest BCUT2D eigenvalue weighted by atomic mass is 10.0. The van der Waals surface area contributed by atoms with E-state index in [1.54, 1.807) is 0 Å². The summed E-state index contributed by atoms with van der Waals surface area (Å²) >= 11 is 0. The van der Waals surface area contributed by atoms with Crippen molar-refractivity contribution in [1.29, 1.82) is 0 Å². The molecule has 0 aromatic heterocycles. The third-order valence-electron chi connectivity index (χ3n) is 2.44. The van der Waals surface area contributed by atoms with Crippen molar-refractivity contribution in [3.8, 4) is 0 Å². The molecule has 0 aromatic rings. The average Bonchev–Trinajstić information content (AvgIpc) is 2.04. The fraction of sp³-hybridized carbons (Fsp3) is 0.917. The lowest BCUT2D eigenvalue weighted by Gasteiger charge is -2.18. The highest BCUT2D eigenvalue weighted by atomic mass is 16.5. The van der Waals surface area contributed by atoms with Gasteiger partial charge < -0.3 is 4.74 Å². The van der Waals surface area contributed by atoms with E-state index in [1.165, 1.54) is 0 Å². The molecule has 0 radical (unpaired) electrons. The Balaban J connectivity index is 3.91. The third kappa shape index (κ3) is 5.25. The predicted octanol–water partition coefficient (Wildman–Crippen LogP) is 3.40. The van der Waals surface area contributed by atoms with Gasteiger partial charge in [-0.3, -0.25) is 4.79 Å². The maximum atomic E-state index is 11.6. The maximum Gasteiger partial charge on any atom is 0.309 e. The first-order valence-corrected chi connectivity index (χ1v) is 5.71. The van der Waals surface area contributed by atoms with E-state index >= 15 is 0 Å². The summed E-state index contributed by atoms with van der Waals surface area (Å²) in [7, 11) is 0. The summed E-state index contributed by atoms with van der Waals surface area (Å²) < 4.78 is 5.37. The average molecular weight is 200 g/mol. The van der Waals surface area contributed by atoms with Gasteiger partial charge in [0.25, 0.3) is 0 Å². The highest BCUT2D eigenvalue weighted by Gasteiger charge is 2.18. The molecular formula is C12H24O2. The van der Waals surface area contributed by atoms with Crippen LogP contribution in [-0.4, -0.2) is 12.1 Å². The van der Waals surface area contributed by atoms with Crippen LogP contribution >= 0.6 is 0 Å². The van der Waals surface area contributed by atoms with Gasteiger partial charge in [0.05, 0.1) is 12.0 Å². The van der Waals surface area contributed by atoms with Crippen LogP contribution in [0.2, 0.25) is 0 Å². The molecule has 0 aliphatic heterocycles. The highest BCUT2D eigenvalue weighted by molar-refractivity contribution is 5.72. The zero-order valence-corrected chi connectivity index (χ0v) is 10.2. The number of hydrogen-bond acceptors (Lipinski definition) is 2. The quantitative estimate of drug-likeness (QED) is 0.614. The van der Waals surface area contributed by atoms with E-state index < -0.39 is 0 Å². The topological polar surface area (TPSA) is 26.3 Å². The van der Waals surface area contributed by atoms with Crippen LogP contribution in [0.3, 0.4) is 0 Å². The number of ether oxygens (including phenoxy) is 1. The molecule has 0 amide bonds. The monoisotopic (exact) mass is 200 g/mol. The lowest BCUT2D eigenvalue weighted by Crippen LogP contribution is -2.22. The largest absolute Gasteiger partial charge is 0.462 e. The summed E-state index contributed by atoms with van der Waals surface area (Å²) in [5, 5.41) is 0. The lowest BCUT2D eigenvalue weighted by molar-refractivity contribution is -0.154. The van der Waals surface area contributed by atoms with Crippen molar-refractivity contribution in [3.05, 3.63) is 0 Å². The van der Waals surface area contributed by atoms with E-state index in [4.69, 9.17) is 4.74 Å². The molecule has 0 bridgehead atoms. The van der Waals surface area contributed by atoms with E-state index in [0.29, 0.717) is 5.92 Å². The molecule has 0 aromatic carbocycles. The molecule has 0 saturated carbocycles. The van der Waals surface area contributed by atoms with Crippen LogP contribution in [0.25, 0.3) is 0 Å². The molecule has 0 aliphatic carbocycles. The molecule has 2 nitrogen and oxygen atoms in total. The predicted molar refractivity (Wildman–Crippen MR) is 59.1 cm³/mol. The molecule has 0 heterocycles. The van der Waals surface area contributed by atoms with Crippen LogP contribution in [0, 0.1) is 11.8 Å². The molecular weight excluding hydrogens is 176 g/mol. The van der Waals surface area contributed by atoms with Crippen molar-refractivity contribution in [2.75, 3.05) is 0 Å². The summed E-state index contributed by atoms with van der Waals surface area (Å²) in [6, 6.07) is 0. The minimum atomic E-state index is -0.0249. The number of rotatable bonds is 6. The fourth-order valence-corrected chi connectivity index (χ4v) is 1.63. The molecule has 0 aliphatic rings. The molecule has 0 fully saturated rings. The number of carbonyl (C=O) groups excluding carboxylic acids is 1. The molecule has 1 atom stereocenters. The van der Waals surface area contributed by atoms with Crippen molar-refractivity contribution >= 4 is 5.97 Å². The maximum absolute atomic E-state index is 11.6. The fourth-order valence-electron chi connectivity index (χ4n) is 1.63. The Morgan fingerprint density at radius 3 is 2.00 bits per heavy atom. The van der Waals surface area contributed by atoms with Gasteiger partial charge in [0.2, 0.25) is 0 Å².